The molecular formula is C15H22BrFN2O. The van der Waals surface area contributed by atoms with Crippen molar-refractivity contribution in [3.63, 3.8) is 0 Å². The lowest BCUT2D eigenvalue weighted by Gasteiger charge is -2.33. The van der Waals surface area contributed by atoms with Crippen molar-refractivity contribution in [3.8, 4) is 0 Å². The molecule has 0 amide bonds. The van der Waals surface area contributed by atoms with Gasteiger partial charge < -0.3 is 4.74 Å². The van der Waals surface area contributed by atoms with Gasteiger partial charge in [0, 0.05) is 10.4 Å². The van der Waals surface area contributed by atoms with Crippen LogP contribution in [0, 0.1) is 11.7 Å². The maximum Gasteiger partial charge on any atom is 0.124 e. The Bertz CT molecular complexity index is 484. The number of hydrogen-bond acceptors (Lipinski definition) is 3. The molecular weight excluding hydrogens is 323 g/mol. The lowest BCUT2D eigenvalue weighted by molar-refractivity contribution is -0.0779. The Labute approximate surface area is 128 Å². The Hall–Kier alpha value is -0.490. The lowest BCUT2D eigenvalue weighted by atomic mass is 9.79. The standard InChI is InChI=1S/C15H22BrFN2O/c1-14(2)8-12(15(3,4)20-14)13(19-18)9-5-10(16)7-11(17)6-9/h5-7,12-13,19H,8,18H2,1-4H3. The van der Waals surface area contributed by atoms with Crippen molar-refractivity contribution in [3.05, 3.63) is 34.1 Å². The average molecular weight is 345 g/mol. The number of nitrogens with two attached hydrogens (primary N) is 1. The van der Waals surface area contributed by atoms with Gasteiger partial charge in [-0.3, -0.25) is 11.3 Å². The fraction of sp³-hybridized carbons (Fsp3) is 0.600. The third-order valence-electron chi connectivity index (χ3n) is 3.97. The molecule has 1 aromatic rings. The Morgan fingerprint density at radius 2 is 2.00 bits per heavy atom. The molecule has 3 N–H and O–H groups in total. The van der Waals surface area contributed by atoms with E-state index in [1.165, 1.54) is 12.1 Å². The quantitative estimate of drug-likeness (QED) is 0.649. The van der Waals surface area contributed by atoms with Crippen LogP contribution in [0.15, 0.2) is 22.7 Å². The summed E-state index contributed by atoms with van der Waals surface area (Å²) >= 11 is 3.33. The summed E-state index contributed by atoms with van der Waals surface area (Å²) in [5.41, 5.74) is 3.15. The van der Waals surface area contributed by atoms with Gasteiger partial charge >= 0.3 is 0 Å². The van der Waals surface area contributed by atoms with Crippen LogP contribution in [0.5, 0.6) is 0 Å². The van der Waals surface area contributed by atoms with Crippen molar-refractivity contribution in [2.75, 3.05) is 0 Å². The molecule has 20 heavy (non-hydrogen) atoms. The molecule has 0 spiro atoms. The predicted molar refractivity (Wildman–Crippen MR) is 81.5 cm³/mol. The van der Waals surface area contributed by atoms with Crippen molar-refractivity contribution in [1.82, 2.24) is 5.43 Å². The molecule has 1 saturated heterocycles. The van der Waals surface area contributed by atoms with Gasteiger partial charge in [-0.25, -0.2) is 4.39 Å². The highest BCUT2D eigenvalue weighted by molar-refractivity contribution is 9.10. The van der Waals surface area contributed by atoms with E-state index in [1.54, 1.807) is 0 Å². The third-order valence-corrected chi connectivity index (χ3v) is 4.43. The zero-order valence-corrected chi connectivity index (χ0v) is 13.9. The van der Waals surface area contributed by atoms with Gasteiger partial charge in [-0.05, 0) is 57.9 Å². The first-order valence-electron chi connectivity index (χ1n) is 6.77. The molecule has 0 aliphatic carbocycles. The van der Waals surface area contributed by atoms with Crippen LogP contribution in [0.25, 0.3) is 0 Å². The van der Waals surface area contributed by atoms with Crippen LogP contribution in [-0.4, -0.2) is 11.2 Å². The number of benzene rings is 1. The fourth-order valence-corrected chi connectivity index (χ4v) is 3.81. The fourth-order valence-electron chi connectivity index (χ4n) is 3.32. The van der Waals surface area contributed by atoms with Gasteiger partial charge in [-0.1, -0.05) is 15.9 Å². The van der Waals surface area contributed by atoms with Crippen LogP contribution in [0.3, 0.4) is 0 Å². The number of hydrogen-bond donors (Lipinski definition) is 2. The molecule has 3 nitrogen and oxygen atoms in total. The van der Waals surface area contributed by atoms with Gasteiger partial charge in [-0.2, -0.15) is 0 Å². The maximum absolute atomic E-state index is 13.6. The summed E-state index contributed by atoms with van der Waals surface area (Å²) in [4.78, 5) is 0. The molecule has 0 saturated carbocycles. The minimum Gasteiger partial charge on any atom is -0.369 e. The Kier molecular flexibility index (Phi) is 4.27. The minimum absolute atomic E-state index is 0.154. The second-order valence-electron chi connectivity index (χ2n) is 6.62. The number of halogens is 2. The van der Waals surface area contributed by atoms with Crippen LogP contribution >= 0.6 is 15.9 Å². The summed E-state index contributed by atoms with van der Waals surface area (Å²) in [6.45, 7) is 8.27. The minimum atomic E-state index is -0.320. The van der Waals surface area contributed by atoms with Gasteiger partial charge in [0.2, 0.25) is 0 Å². The molecule has 1 heterocycles. The van der Waals surface area contributed by atoms with Crippen LogP contribution in [0.1, 0.15) is 45.7 Å². The highest BCUT2D eigenvalue weighted by atomic mass is 79.9. The molecule has 5 heteroatoms. The number of hydrazine groups is 1. The summed E-state index contributed by atoms with van der Waals surface area (Å²) in [6.07, 6.45) is 0.864. The van der Waals surface area contributed by atoms with Gasteiger partial charge in [0.15, 0.2) is 0 Å². The van der Waals surface area contributed by atoms with Crippen LogP contribution < -0.4 is 11.3 Å². The van der Waals surface area contributed by atoms with Gasteiger partial charge in [-0.15, -0.1) is 0 Å². The Morgan fingerprint density at radius 1 is 1.35 bits per heavy atom. The first-order valence-corrected chi connectivity index (χ1v) is 7.56. The topological polar surface area (TPSA) is 47.3 Å². The molecule has 0 bridgehead atoms. The van der Waals surface area contributed by atoms with E-state index in [-0.39, 0.29) is 29.0 Å². The van der Waals surface area contributed by atoms with Crippen LogP contribution in [0.2, 0.25) is 0 Å². The Morgan fingerprint density at radius 3 is 2.45 bits per heavy atom. The highest BCUT2D eigenvalue weighted by Crippen LogP contribution is 2.47. The smallest absolute Gasteiger partial charge is 0.124 e. The van der Waals surface area contributed by atoms with Crippen LogP contribution in [0.4, 0.5) is 4.39 Å². The SMILES string of the molecule is CC1(C)CC(C(NN)c2cc(F)cc(Br)c2)C(C)(C)O1. The second kappa shape index (κ2) is 5.37. The molecule has 2 rings (SSSR count). The molecule has 2 atom stereocenters. The molecule has 1 aromatic carbocycles. The van der Waals surface area contributed by atoms with Crippen molar-refractivity contribution >= 4 is 15.9 Å². The van der Waals surface area contributed by atoms with Gasteiger partial charge in [0.25, 0.3) is 0 Å². The summed E-state index contributed by atoms with van der Waals surface area (Å²) in [5.74, 6) is 5.64. The Balaban J connectivity index is 2.37. The predicted octanol–water partition coefficient (Wildman–Crippen LogP) is 3.69. The van der Waals surface area contributed by atoms with E-state index in [2.05, 4.69) is 49.1 Å². The van der Waals surface area contributed by atoms with E-state index in [9.17, 15) is 4.39 Å². The van der Waals surface area contributed by atoms with Crippen LogP contribution in [-0.2, 0) is 4.74 Å². The van der Waals surface area contributed by atoms with E-state index in [1.807, 2.05) is 6.07 Å². The van der Waals surface area contributed by atoms with E-state index in [0.717, 1.165) is 12.0 Å². The summed E-state index contributed by atoms with van der Waals surface area (Å²) < 4.78 is 20.5. The van der Waals surface area contributed by atoms with Crippen molar-refractivity contribution < 1.29 is 9.13 Å². The van der Waals surface area contributed by atoms with Gasteiger partial charge in [0.05, 0.1) is 17.2 Å². The number of nitrogens with one attached hydrogen (secondary N) is 1. The van der Waals surface area contributed by atoms with Gasteiger partial charge in [0.1, 0.15) is 5.82 Å². The molecule has 1 fully saturated rings. The summed E-state index contributed by atoms with van der Waals surface area (Å²) in [6, 6.07) is 4.71. The largest absolute Gasteiger partial charge is 0.369 e. The molecule has 112 valence electrons. The molecule has 1 aliphatic heterocycles. The maximum atomic E-state index is 13.6. The monoisotopic (exact) mass is 344 g/mol. The molecule has 0 aromatic heterocycles. The normalized spacial score (nSPS) is 25.6. The third kappa shape index (κ3) is 3.22. The van der Waals surface area contributed by atoms with E-state index >= 15 is 0 Å². The molecule has 0 radical (unpaired) electrons. The van der Waals surface area contributed by atoms with E-state index < -0.39 is 0 Å². The van der Waals surface area contributed by atoms with E-state index in [4.69, 9.17) is 10.6 Å². The number of rotatable bonds is 3. The van der Waals surface area contributed by atoms with E-state index in [0.29, 0.717) is 4.47 Å². The lowest BCUT2D eigenvalue weighted by Crippen LogP contribution is -2.41. The zero-order valence-electron chi connectivity index (χ0n) is 12.3. The molecule has 2 unspecified atom stereocenters. The zero-order chi connectivity index (χ0) is 15.1. The van der Waals surface area contributed by atoms with Crippen molar-refractivity contribution in [1.29, 1.82) is 0 Å². The van der Waals surface area contributed by atoms with Crippen molar-refractivity contribution in [2.45, 2.75) is 51.4 Å². The summed E-state index contributed by atoms with van der Waals surface area (Å²) in [7, 11) is 0. The second-order valence-corrected chi connectivity index (χ2v) is 7.54. The first kappa shape index (κ1) is 15.9. The average Bonchev–Trinajstić information content (AvgIpc) is 2.46. The molecule has 1 aliphatic rings. The van der Waals surface area contributed by atoms with Crippen molar-refractivity contribution in [2.24, 2.45) is 11.8 Å². The summed E-state index contributed by atoms with van der Waals surface area (Å²) in [5, 5.41) is 0. The number of ether oxygens (including phenoxy) is 1. The first-order chi connectivity index (χ1) is 9.14. The highest BCUT2D eigenvalue weighted by Gasteiger charge is 2.49.